The Labute approximate surface area is 140 Å². The van der Waals surface area contributed by atoms with Crippen LogP contribution in [0.4, 0.5) is 5.69 Å². The van der Waals surface area contributed by atoms with E-state index in [-0.39, 0.29) is 22.8 Å². The van der Waals surface area contributed by atoms with Crippen LogP contribution in [0.2, 0.25) is 0 Å². The lowest BCUT2D eigenvalue weighted by Crippen LogP contribution is -2.38. The zero-order chi connectivity index (χ0) is 17.3. The van der Waals surface area contributed by atoms with Gasteiger partial charge in [-0.3, -0.25) is 9.59 Å². The number of nitrogens with zero attached hydrogens (tertiary/aromatic N) is 3. The standard InChI is InChI=1S/C19H17N3O2/c1-3-17(23)13-8-10-22(11-9-13)18-14-6-4-5-7-16(14)21(2)19(24)15(18)12-20/h1,4-7,13H,8-11H2,2H3. The number of pyridine rings is 1. The summed E-state index contributed by atoms with van der Waals surface area (Å²) in [6, 6.07) is 9.62. The van der Waals surface area contributed by atoms with E-state index >= 15 is 0 Å². The van der Waals surface area contributed by atoms with Crippen molar-refractivity contribution >= 4 is 22.4 Å². The molecule has 2 aromatic rings. The number of aromatic nitrogens is 1. The molecule has 0 N–H and O–H groups in total. The molecule has 0 atom stereocenters. The zero-order valence-electron chi connectivity index (χ0n) is 13.5. The van der Waals surface area contributed by atoms with Crippen molar-refractivity contribution in [1.82, 2.24) is 4.57 Å². The van der Waals surface area contributed by atoms with Crippen molar-refractivity contribution in [2.24, 2.45) is 13.0 Å². The molecule has 120 valence electrons. The molecule has 1 saturated heterocycles. The minimum atomic E-state index is -0.298. The summed E-state index contributed by atoms with van der Waals surface area (Å²) in [5, 5.41) is 10.4. The summed E-state index contributed by atoms with van der Waals surface area (Å²) >= 11 is 0. The molecule has 0 saturated carbocycles. The first-order chi connectivity index (χ1) is 11.6. The summed E-state index contributed by atoms with van der Waals surface area (Å²) < 4.78 is 1.51. The van der Waals surface area contributed by atoms with Crippen LogP contribution in [0.15, 0.2) is 29.1 Å². The molecule has 1 aliphatic heterocycles. The summed E-state index contributed by atoms with van der Waals surface area (Å²) in [6.45, 7) is 1.20. The number of terminal acetylenes is 1. The third-order valence-electron chi connectivity index (χ3n) is 4.71. The molecule has 0 spiro atoms. The molecule has 2 heterocycles. The van der Waals surface area contributed by atoms with E-state index in [2.05, 4.69) is 12.0 Å². The Morgan fingerprint density at radius 1 is 1.29 bits per heavy atom. The fourth-order valence-corrected chi connectivity index (χ4v) is 3.39. The fraction of sp³-hybridized carbons (Fsp3) is 0.316. The van der Waals surface area contributed by atoms with Crippen molar-refractivity contribution in [3.63, 3.8) is 0 Å². The molecular weight excluding hydrogens is 302 g/mol. The van der Waals surface area contributed by atoms with E-state index in [0.29, 0.717) is 31.6 Å². The number of benzene rings is 1. The lowest BCUT2D eigenvalue weighted by atomic mass is 9.92. The molecule has 0 unspecified atom stereocenters. The number of aryl methyl sites for hydroxylation is 1. The molecule has 0 aliphatic carbocycles. The molecule has 0 radical (unpaired) electrons. The first kappa shape index (κ1) is 15.8. The number of carbonyl (C=O) groups is 1. The Bertz CT molecular complexity index is 951. The number of piperidine rings is 1. The van der Waals surface area contributed by atoms with E-state index < -0.39 is 0 Å². The maximum Gasteiger partial charge on any atom is 0.270 e. The number of anilines is 1. The van der Waals surface area contributed by atoms with Gasteiger partial charge in [-0.15, -0.1) is 6.42 Å². The van der Waals surface area contributed by atoms with Gasteiger partial charge in [0.1, 0.15) is 11.6 Å². The summed E-state index contributed by atoms with van der Waals surface area (Å²) in [5.74, 6) is 1.90. The van der Waals surface area contributed by atoms with Crippen LogP contribution < -0.4 is 10.5 Å². The minimum Gasteiger partial charge on any atom is -0.370 e. The van der Waals surface area contributed by atoms with Crippen LogP contribution in [0.3, 0.4) is 0 Å². The highest BCUT2D eigenvalue weighted by atomic mass is 16.1. The minimum absolute atomic E-state index is 0.130. The van der Waals surface area contributed by atoms with Gasteiger partial charge in [-0.1, -0.05) is 18.2 Å². The molecule has 5 nitrogen and oxygen atoms in total. The monoisotopic (exact) mass is 319 g/mol. The Balaban J connectivity index is 2.09. The van der Waals surface area contributed by atoms with Gasteiger partial charge in [0.25, 0.3) is 5.56 Å². The van der Waals surface area contributed by atoms with Crippen LogP contribution in [-0.2, 0) is 11.8 Å². The van der Waals surface area contributed by atoms with E-state index in [1.807, 2.05) is 29.2 Å². The number of para-hydroxylation sites is 1. The largest absolute Gasteiger partial charge is 0.370 e. The van der Waals surface area contributed by atoms with E-state index in [1.54, 1.807) is 7.05 Å². The van der Waals surface area contributed by atoms with Crippen molar-refractivity contribution in [1.29, 1.82) is 5.26 Å². The molecule has 1 aromatic heterocycles. The maximum atomic E-state index is 12.5. The fourth-order valence-electron chi connectivity index (χ4n) is 3.39. The van der Waals surface area contributed by atoms with Gasteiger partial charge in [-0.25, -0.2) is 0 Å². The molecule has 0 amide bonds. The van der Waals surface area contributed by atoms with Gasteiger partial charge in [0.05, 0.1) is 11.2 Å². The Morgan fingerprint density at radius 3 is 2.58 bits per heavy atom. The Kier molecular flexibility index (Phi) is 4.10. The molecule has 1 fully saturated rings. The van der Waals surface area contributed by atoms with Crippen LogP contribution in [0.1, 0.15) is 18.4 Å². The highest BCUT2D eigenvalue weighted by Crippen LogP contribution is 2.31. The predicted molar refractivity (Wildman–Crippen MR) is 92.7 cm³/mol. The van der Waals surface area contributed by atoms with Gasteiger partial charge in [0, 0.05) is 31.4 Å². The third kappa shape index (κ3) is 2.45. The number of carbonyl (C=O) groups excluding carboxylic acids is 1. The number of hydrogen-bond donors (Lipinski definition) is 0. The van der Waals surface area contributed by atoms with E-state index in [4.69, 9.17) is 6.42 Å². The Hall–Kier alpha value is -3.05. The van der Waals surface area contributed by atoms with Gasteiger partial charge in [-0.05, 0) is 24.8 Å². The van der Waals surface area contributed by atoms with Gasteiger partial charge >= 0.3 is 0 Å². The van der Waals surface area contributed by atoms with E-state index in [9.17, 15) is 14.9 Å². The van der Waals surface area contributed by atoms with E-state index in [1.165, 1.54) is 4.57 Å². The quantitative estimate of drug-likeness (QED) is 0.626. The first-order valence-electron chi connectivity index (χ1n) is 7.85. The van der Waals surface area contributed by atoms with Gasteiger partial charge in [0.2, 0.25) is 5.78 Å². The smallest absolute Gasteiger partial charge is 0.270 e. The lowest BCUT2D eigenvalue weighted by molar-refractivity contribution is -0.117. The number of Topliss-reactive ketones (excluding diaryl/α,β-unsaturated/α-hetero) is 1. The molecule has 1 aliphatic rings. The van der Waals surface area contributed by atoms with Crippen molar-refractivity contribution in [2.45, 2.75) is 12.8 Å². The molecular formula is C19H17N3O2. The molecule has 1 aromatic carbocycles. The lowest BCUT2D eigenvalue weighted by Gasteiger charge is -2.33. The maximum absolute atomic E-state index is 12.5. The SMILES string of the molecule is C#CC(=O)C1CCN(c2c(C#N)c(=O)n(C)c3ccccc23)CC1. The van der Waals surface area contributed by atoms with Crippen LogP contribution in [-0.4, -0.2) is 23.4 Å². The summed E-state index contributed by atoms with van der Waals surface area (Å²) in [4.78, 5) is 26.2. The van der Waals surface area contributed by atoms with Crippen LogP contribution in [0.25, 0.3) is 10.9 Å². The van der Waals surface area contributed by atoms with Crippen molar-refractivity contribution < 1.29 is 4.79 Å². The molecule has 24 heavy (non-hydrogen) atoms. The number of ketones is 1. The number of hydrogen-bond acceptors (Lipinski definition) is 4. The van der Waals surface area contributed by atoms with Gasteiger partial charge < -0.3 is 9.47 Å². The van der Waals surface area contributed by atoms with Crippen LogP contribution >= 0.6 is 0 Å². The predicted octanol–water partition coefficient (Wildman–Crippen LogP) is 1.83. The molecule has 5 heteroatoms. The van der Waals surface area contributed by atoms with Crippen molar-refractivity contribution in [2.75, 3.05) is 18.0 Å². The average molecular weight is 319 g/mol. The second-order valence-corrected chi connectivity index (χ2v) is 5.99. The second-order valence-electron chi connectivity index (χ2n) is 5.99. The highest BCUT2D eigenvalue weighted by Gasteiger charge is 2.27. The van der Waals surface area contributed by atoms with Crippen molar-refractivity contribution in [3.05, 3.63) is 40.2 Å². The summed E-state index contributed by atoms with van der Waals surface area (Å²) in [6.07, 6.45) is 6.48. The van der Waals surface area contributed by atoms with Gasteiger partial charge in [0.15, 0.2) is 0 Å². The molecule has 3 rings (SSSR count). The summed E-state index contributed by atoms with van der Waals surface area (Å²) in [5.41, 5.74) is 1.31. The number of nitriles is 1. The molecule has 0 bridgehead atoms. The third-order valence-corrected chi connectivity index (χ3v) is 4.71. The topological polar surface area (TPSA) is 66.1 Å². The average Bonchev–Trinajstić information content (AvgIpc) is 2.64. The van der Waals surface area contributed by atoms with Crippen LogP contribution in [0.5, 0.6) is 0 Å². The normalized spacial score (nSPS) is 15.0. The van der Waals surface area contributed by atoms with Crippen LogP contribution in [0, 0.1) is 29.6 Å². The highest BCUT2D eigenvalue weighted by molar-refractivity contribution is 5.97. The van der Waals surface area contributed by atoms with Gasteiger partial charge in [-0.2, -0.15) is 5.26 Å². The zero-order valence-corrected chi connectivity index (χ0v) is 13.5. The Morgan fingerprint density at radius 2 is 1.96 bits per heavy atom. The second kappa shape index (κ2) is 6.22. The number of fused-ring (bicyclic) bond motifs is 1. The first-order valence-corrected chi connectivity index (χ1v) is 7.85. The summed E-state index contributed by atoms with van der Waals surface area (Å²) in [7, 11) is 1.67. The number of rotatable bonds is 2. The van der Waals surface area contributed by atoms with E-state index in [0.717, 1.165) is 10.9 Å². The van der Waals surface area contributed by atoms with Crippen molar-refractivity contribution in [3.8, 4) is 18.4 Å².